The summed E-state index contributed by atoms with van der Waals surface area (Å²) < 4.78 is 2.21. The molecule has 1 aromatic rings. The van der Waals surface area contributed by atoms with Gasteiger partial charge in [0.05, 0.1) is 5.69 Å². The van der Waals surface area contributed by atoms with Gasteiger partial charge in [-0.1, -0.05) is 40.5 Å². The highest BCUT2D eigenvalue weighted by atomic mass is 15.3. The first-order valence-electron chi connectivity index (χ1n) is 7.73. The van der Waals surface area contributed by atoms with Crippen LogP contribution < -0.4 is 5.32 Å². The molecule has 0 spiro atoms. The smallest absolute Gasteiger partial charge is 0.0641 e. The van der Waals surface area contributed by atoms with Gasteiger partial charge in [0, 0.05) is 24.3 Å². The molecule has 0 aliphatic rings. The Hall–Kier alpha value is -0.830. The van der Waals surface area contributed by atoms with Gasteiger partial charge in [0.1, 0.15) is 0 Å². The molecule has 0 fully saturated rings. The molecule has 0 aliphatic heterocycles. The molecule has 0 saturated carbocycles. The molecule has 0 atom stereocenters. The van der Waals surface area contributed by atoms with Crippen molar-refractivity contribution >= 4 is 0 Å². The van der Waals surface area contributed by atoms with Crippen LogP contribution in [0.1, 0.15) is 57.5 Å². The summed E-state index contributed by atoms with van der Waals surface area (Å²) in [5, 5.41) is 8.24. The standard InChI is InChI=1S/C16H31N3/c1-7-15(8-2)11-19-14(6)16(13(5)18-19)10-17-9-12(3)4/h12,15,17H,7-11H2,1-6H3. The van der Waals surface area contributed by atoms with E-state index in [-0.39, 0.29) is 0 Å². The van der Waals surface area contributed by atoms with Gasteiger partial charge < -0.3 is 5.32 Å². The average Bonchev–Trinajstić information content (AvgIpc) is 2.62. The van der Waals surface area contributed by atoms with Gasteiger partial charge in [0.15, 0.2) is 0 Å². The summed E-state index contributed by atoms with van der Waals surface area (Å²) in [6.07, 6.45) is 2.46. The van der Waals surface area contributed by atoms with Crippen LogP contribution in [-0.2, 0) is 13.1 Å². The number of hydrogen-bond acceptors (Lipinski definition) is 2. The van der Waals surface area contributed by atoms with Crippen molar-refractivity contribution < 1.29 is 0 Å². The third kappa shape index (κ3) is 4.64. The highest BCUT2D eigenvalue weighted by Gasteiger charge is 2.13. The van der Waals surface area contributed by atoms with E-state index in [0.717, 1.165) is 25.6 Å². The highest BCUT2D eigenvalue weighted by molar-refractivity contribution is 5.24. The van der Waals surface area contributed by atoms with Crippen LogP contribution in [-0.4, -0.2) is 16.3 Å². The van der Waals surface area contributed by atoms with Gasteiger partial charge >= 0.3 is 0 Å². The third-order valence-electron chi connectivity index (χ3n) is 3.97. The molecule has 0 amide bonds. The number of nitrogens with one attached hydrogen (secondary N) is 1. The monoisotopic (exact) mass is 265 g/mol. The largest absolute Gasteiger partial charge is 0.312 e. The molecule has 3 nitrogen and oxygen atoms in total. The molecular formula is C16H31N3. The Bertz CT molecular complexity index is 376. The third-order valence-corrected chi connectivity index (χ3v) is 3.97. The van der Waals surface area contributed by atoms with Crippen LogP contribution in [0, 0.1) is 25.7 Å². The van der Waals surface area contributed by atoms with Crippen molar-refractivity contribution in [1.82, 2.24) is 15.1 Å². The summed E-state index contributed by atoms with van der Waals surface area (Å²) in [4.78, 5) is 0. The van der Waals surface area contributed by atoms with Gasteiger partial charge in [-0.05, 0) is 32.2 Å². The van der Waals surface area contributed by atoms with Gasteiger partial charge in [-0.2, -0.15) is 5.10 Å². The lowest BCUT2D eigenvalue weighted by molar-refractivity contribution is 0.390. The zero-order valence-electron chi connectivity index (χ0n) is 13.6. The number of aromatic nitrogens is 2. The van der Waals surface area contributed by atoms with Crippen molar-refractivity contribution in [2.75, 3.05) is 6.54 Å². The summed E-state index contributed by atoms with van der Waals surface area (Å²) in [5.74, 6) is 1.44. The molecular weight excluding hydrogens is 234 g/mol. The predicted molar refractivity (Wildman–Crippen MR) is 82.3 cm³/mol. The van der Waals surface area contributed by atoms with E-state index < -0.39 is 0 Å². The van der Waals surface area contributed by atoms with E-state index in [9.17, 15) is 0 Å². The fourth-order valence-corrected chi connectivity index (χ4v) is 2.44. The van der Waals surface area contributed by atoms with Crippen LogP contribution in [0.25, 0.3) is 0 Å². The van der Waals surface area contributed by atoms with Crippen LogP contribution >= 0.6 is 0 Å². The van der Waals surface area contributed by atoms with Crippen molar-refractivity contribution in [3.8, 4) is 0 Å². The van der Waals surface area contributed by atoms with Crippen molar-refractivity contribution in [2.45, 2.75) is 67.5 Å². The fourth-order valence-electron chi connectivity index (χ4n) is 2.44. The number of rotatable bonds is 8. The fraction of sp³-hybridized carbons (Fsp3) is 0.812. The van der Waals surface area contributed by atoms with Crippen molar-refractivity contribution in [3.05, 3.63) is 17.0 Å². The Kier molecular flexibility index (Phi) is 6.56. The van der Waals surface area contributed by atoms with E-state index in [2.05, 4.69) is 51.5 Å². The van der Waals surface area contributed by atoms with Crippen LogP contribution in [0.2, 0.25) is 0 Å². The minimum absolute atomic E-state index is 0.695. The van der Waals surface area contributed by atoms with Crippen LogP contribution in [0.3, 0.4) is 0 Å². The van der Waals surface area contributed by atoms with E-state index in [1.165, 1.54) is 29.8 Å². The molecule has 1 aromatic heterocycles. The Morgan fingerprint density at radius 2 is 1.79 bits per heavy atom. The van der Waals surface area contributed by atoms with Gasteiger partial charge in [0.25, 0.3) is 0 Å². The second-order valence-corrected chi connectivity index (χ2v) is 6.04. The topological polar surface area (TPSA) is 29.9 Å². The molecule has 110 valence electrons. The van der Waals surface area contributed by atoms with E-state index in [1.54, 1.807) is 0 Å². The minimum Gasteiger partial charge on any atom is -0.312 e. The van der Waals surface area contributed by atoms with Gasteiger partial charge in [-0.25, -0.2) is 0 Å². The van der Waals surface area contributed by atoms with E-state index >= 15 is 0 Å². The Balaban J connectivity index is 2.70. The summed E-state index contributed by atoms with van der Waals surface area (Å²) in [7, 11) is 0. The van der Waals surface area contributed by atoms with Gasteiger partial charge in [-0.3, -0.25) is 4.68 Å². The van der Waals surface area contributed by atoms with Crippen molar-refractivity contribution in [3.63, 3.8) is 0 Å². The lowest BCUT2D eigenvalue weighted by atomic mass is 10.0. The maximum Gasteiger partial charge on any atom is 0.0641 e. The van der Waals surface area contributed by atoms with E-state index in [1.807, 2.05) is 0 Å². The summed E-state index contributed by atoms with van der Waals surface area (Å²) >= 11 is 0. The number of aryl methyl sites for hydroxylation is 1. The summed E-state index contributed by atoms with van der Waals surface area (Å²) in [6.45, 7) is 16.4. The summed E-state index contributed by atoms with van der Waals surface area (Å²) in [5.41, 5.74) is 3.90. The predicted octanol–water partition coefficient (Wildman–Crippen LogP) is 3.68. The zero-order chi connectivity index (χ0) is 14.4. The second-order valence-electron chi connectivity index (χ2n) is 6.04. The second kappa shape index (κ2) is 7.68. The zero-order valence-corrected chi connectivity index (χ0v) is 13.6. The first-order chi connectivity index (χ1) is 8.99. The molecule has 1 heterocycles. The maximum absolute atomic E-state index is 4.72. The molecule has 0 aromatic carbocycles. The Morgan fingerprint density at radius 1 is 1.16 bits per heavy atom. The molecule has 1 rings (SSSR count). The van der Waals surface area contributed by atoms with E-state index in [0.29, 0.717) is 5.92 Å². The molecule has 3 heteroatoms. The molecule has 0 unspecified atom stereocenters. The maximum atomic E-state index is 4.72. The Labute approximate surface area is 118 Å². The lowest BCUT2D eigenvalue weighted by Gasteiger charge is -2.14. The van der Waals surface area contributed by atoms with Gasteiger partial charge in [-0.15, -0.1) is 0 Å². The van der Waals surface area contributed by atoms with E-state index in [4.69, 9.17) is 5.10 Å². The SMILES string of the molecule is CCC(CC)Cn1nc(C)c(CNCC(C)C)c1C. The van der Waals surface area contributed by atoms with Gasteiger partial charge in [0.2, 0.25) is 0 Å². The quantitative estimate of drug-likeness (QED) is 0.777. The molecule has 0 aliphatic carbocycles. The highest BCUT2D eigenvalue weighted by Crippen LogP contribution is 2.17. The van der Waals surface area contributed by atoms with Crippen LogP contribution in [0.15, 0.2) is 0 Å². The normalized spacial score (nSPS) is 11.8. The molecule has 0 bridgehead atoms. The summed E-state index contributed by atoms with van der Waals surface area (Å²) in [6, 6.07) is 0. The minimum atomic E-state index is 0.695. The van der Waals surface area contributed by atoms with Crippen molar-refractivity contribution in [1.29, 1.82) is 0 Å². The molecule has 0 saturated heterocycles. The van der Waals surface area contributed by atoms with Crippen molar-refractivity contribution in [2.24, 2.45) is 11.8 Å². The molecule has 19 heavy (non-hydrogen) atoms. The number of hydrogen-bond donors (Lipinski definition) is 1. The lowest BCUT2D eigenvalue weighted by Crippen LogP contribution is -2.20. The average molecular weight is 265 g/mol. The molecule has 0 radical (unpaired) electrons. The first kappa shape index (κ1) is 16.2. The first-order valence-corrected chi connectivity index (χ1v) is 7.73. The van der Waals surface area contributed by atoms with Crippen LogP contribution in [0.4, 0.5) is 0 Å². The number of nitrogens with zero attached hydrogens (tertiary/aromatic N) is 2. The van der Waals surface area contributed by atoms with Crippen LogP contribution in [0.5, 0.6) is 0 Å². The Morgan fingerprint density at radius 3 is 2.32 bits per heavy atom. The molecule has 1 N–H and O–H groups in total.